The van der Waals surface area contributed by atoms with E-state index in [1.165, 1.54) is 0 Å². The standard InChI is InChI=1S/C29H34N10.Pt/c1-27(2,3)21-15-19-36(30-21)25-32-38(23-13-9-11-17-34(23)25)29(7,8)39-24-14-10-12-18-35(24)26(33-39)37-20-16-22(31-37)28(4,5)6;/h9-18H,1-8H3;/q;+2. The van der Waals surface area contributed by atoms with E-state index in [0.29, 0.717) is 11.9 Å². The van der Waals surface area contributed by atoms with E-state index >= 15 is 0 Å². The molecule has 11 heteroatoms. The summed E-state index contributed by atoms with van der Waals surface area (Å²) in [5.74, 6) is 1.29. The average Bonchev–Trinajstić information content (AvgIpc) is 3.66. The molecule has 0 fully saturated rings. The molecule has 10 nitrogen and oxygen atoms in total. The monoisotopic (exact) mass is 717 g/mol. The Hall–Kier alpha value is -3.65. The molecule has 40 heavy (non-hydrogen) atoms. The zero-order valence-corrected chi connectivity index (χ0v) is 26.3. The van der Waals surface area contributed by atoms with Gasteiger partial charge in [-0.05, 0) is 56.9 Å². The molecule has 0 spiro atoms. The summed E-state index contributed by atoms with van der Waals surface area (Å²) in [5.41, 5.74) is 2.78. The van der Waals surface area contributed by atoms with Gasteiger partial charge in [-0.3, -0.25) is 9.36 Å². The van der Waals surface area contributed by atoms with Crippen molar-refractivity contribution in [2.75, 3.05) is 0 Å². The molecule has 0 radical (unpaired) electrons. The Morgan fingerprint density at radius 1 is 0.600 bits per heavy atom. The maximum absolute atomic E-state index is 5.08. The molecule has 6 heterocycles. The molecule has 0 saturated carbocycles. The van der Waals surface area contributed by atoms with Crippen molar-refractivity contribution in [3.05, 3.63) is 84.7 Å². The molecule has 0 aliphatic carbocycles. The number of fused-ring (bicyclic) bond motifs is 2. The predicted molar refractivity (Wildman–Crippen MR) is 145 cm³/mol. The second-order valence-electron chi connectivity index (χ2n) is 12.4. The van der Waals surface area contributed by atoms with E-state index in [1.807, 2.05) is 79.1 Å². The maximum Gasteiger partial charge on any atom is 2.00 e. The van der Waals surface area contributed by atoms with Gasteiger partial charge in [0.1, 0.15) is 0 Å². The fourth-order valence-corrected chi connectivity index (χ4v) is 4.63. The van der Waals surface area contributed by atoms with Crippen LogP contribution in [0.4, 0.5) is 0 Å². The second-order valence-corrected chi connectivity index (χ2v) is 12.4. The maximum atomic E-state index is 5.08. The van der Waals surface area contributed by atoms with Crippen LogP contribution in [0.5, 0.6) is 0 Å². The van der Waals surface area contributed by atoms with Crippen LogP contribution in [0.1, 0.15) is 66.8 Å². The van der Waals surface area contributed by atoms with Gasteiger partial charge in [-0.15, -0.1) is 21.5 Å². The molecule has 0 unspecified atom stereocenters. The van der Waals surface area contributed by atoms with Crippen LogP contribution < -0.4 is 8.80 Å². The van der Waals surface area contributed by atoms with Gasteiger partial charge in [-0.2, -0.15) is 0 Å². The van der Waals surface area contributed by atoms with Gasteiger partial charge in [-0.25, -0.2) is 19.0 Å². The number of pyridine rings is 2. The average molecular weight is 718 g/mol. The molecule has 6 aromatic rings. The summed E-state index contributed by atoms with van der Waals surface area (Å²) in [4.78, 5) is 0. The van der Waals surface area contributed by atoms with Crippen molar-refractivity contribution in [3.63, 3.8) is 0 Å². The Labute approximate surface area is 248 Å². The third kappa shape index (κ3) is 4.48. The van der Waals surface area contributed by atoms with Crippen molar-refractivity contribution >= 4 is 11.3 Å². The first kappa shape index (κ1) is 27.9. The number of rotatable bonds is 4. The topological polar surface area (TPSA) is 79.5 Å². The number of aromatic nitrogens is 10. The van der Waals surface area contributed by atoms with Crippen molar-refractivity contribution in [2.45, 2.75) is 71.9 Å². The van der Waals surface area contributed by atoms with E-state index in [4.69, 9.17) is 20.4 Å². The van der Waals surface area contributed by atoms with Crippen LogP contribution in [0.3, 0.4) is 0 Å². The first-order chi connectivity index (χ1) is 18.4. The number of hydrogen-bond donors (Lipinski definition) is 0. The van der Waals surface area contributed by atoms with Gasteiger partial charge in [0.05, 0.1) is 0 Å². The molecular weight excluding hydrogens is 683 g/mol. The third-order valence-corrected chi connectivity index (χ3v) is 6.94. The normalized spacial score (nSPS) is 12.8. The molecule has 6 rings (SSSR count). The van der Waals surface area contributed by atoms with Crippen molar-refractivity contribution < 1.29 is 29.9 Å². The largest absolute Gasteiger partial charge is 2.00 e. The van der Waals surface area contributed by atoms with Crippen molar-refractivity contribution in [1.29, 1.82) is 0 Å². The Balaban J connectivity index is 0.00000323. The molecule has 0 N–H and O–H groups in total. The van der Waals surface area contributed by atoms with Gasteiger partial charge in [0, 0.05) is 38.4 Å². The van der Waals surface area contributed by atoms with E-state index in [-0.39, 0.29) is 31.9 Å². The smallest absolute Gasteiger partial charge is 0.254 e. The number of hydrogen-bond acceptors (Lipinski definition) is 4. The van der Waals surface area contributed by atoms with Gasteiger partial charge in [-0.1, -0.05) is 53.7 Å². The fourth-order valence-electron chi connectivity index (χ4n) is 4.63. The minimum atomic E-state index is -0.713. The van der Waals surface area contributed by atoms with E-state index in [9.17, 15) is 0 Å². The molecule has 0 atom stereocenters. The zero-order valence-electron chi connectivity index (χ0n) is 24.1. The minimum absolute atomic E-state index is 0. The minimum Gasteiger partial charge on any atom is -0.254 e. The van der Waals surface area contributed by atoms with Gasteiger partial charge in [0.25, 0.3) is 0 Å². The summed E-state index contributed by atoms with van der Waals surface area (Å²) in [7, 11) is 0. The van der Waals surface area contributed by atoms with E-state index in [2.05, 4.69) is 67.8 Å². The predicted octanol–water partition coefficient (Wildman–Crippen LogP) is 3.36. The summed E-state index contributed by atoms with van der Waals surface area (Å²) in [6.45, 7) is 17.0. The molecule has 6 aromatic heterocycles. The molecule has 0 aliphatic heterocycles. The molecule has 0 saturated heterocycles. The van der Waals surface area contributed by atoms with Crippen molar-refractivity contribution in [3.8, 4) is 11.9 Å². The Morgan fingerprint density at radius 3 is 1.35 bits per heavy atom. The summed E-state index contributed by atoms with van der Waals surface area (Å²) in [6.07, 6.45) is 10.5. The summed E-state index contributed by atoms with van der Waals surface area (Å²) in [5, 5.41) is 19.8. The van der Waals surface area contributed by atoms with Crippen LogP contribution in [0.25, 0.3) is 23.2 Å². The Morgan fingerprint density at radius 2 is 1.00 bits per heavy atom. The van der Waals surface area contributed by atoms with E-state index in [1.54, 1.807) is 9.36 Å². The van der Waals surface area contributed by atoms with Crippen LogP contribution in [0.15, 0.2) is 60.9 Å². The first-order valence-corrected chi connectivity index (χ1v) is 13.1. The summed E-state index contributed by atoms with van der Waals surface area (Å²) < 4.78 is 11.4. The van der Waals surface area contributed by atoms with Gasteiger partial charge in [0.15, 0.2) is 0 Å². The zero-order chi connectivity index (χ0) is 27.7. The van der Waals surface area contributed by atoms with Gasteiger partial charge >= 0.3 is 33.0 Å². The Bertz CT molecular complexity index is 1690. The second kappa shape index (κ2) is 9.47. The van der Waals surface area contributed by atoms with Gasteiger partial charge < -0.3 is 0 Å². The Kier molecular flexibility index (Phi) is 6.61. The van der Waals surface area contributed by atoms with Gasteiger partial charge in [0.2, 0.25) is 17.0 Å². The SMILES string of the molecule is CC(C)(C)c1c[c-]n(-c2nn(C(C)(C)n3nc(-n4[c-]cc(C(C)(C)C)n4)[n+]4ccccc34)c3cccc[n+]23)n1.[Pt+2]. The van der Waals surface area contributed by atoms with Crippen molar-refractivity contribution in [1.82, 2.24) is 39.1 Å². The molecule has 0 bridgehead atoms. The molecule has 0 aromatic carbocycles. The first-order valence-electron chi connectivity index (χ1n) is 13.1. The fraction of sp³-hybridized carbons (Fsp3) is 0.379. The quantitative estimate of drug-likeness (QED) is 0.207. The molecule has 208 valence electrons. The molecule has 0 aliphatic rings. The number of nitrogens with zero attached hydrogens (tertiary/aromatic N) is 10. The van der Waals surface area contributed by atoms with E-state index in [0.717, 1.165) is 22.7 Å². The van der Waals surface area contributed by atoms with Crippen LogP contribution in [-0.2, 0) is 37.6 Å². The summed E-state index contributed by atoms with van der Waals surface area (Å²) >= 11 is 0. The van der Waals surface area contributed by atoms with Crippen LogP contribution in [0, 0.1) is 12.4 Å². The van der Waals surface area contributed by atoms with Crippen LogP contribution in [0.2, 0.25) is 0 Å². The summed E-state index contributed by atoms with van der Waals surface area (Å²) in [6, 6.07) is 15.9. The third-order valence-electron chi connectivity index (χ3n) is 6.94. The van der Waals surface area contributed by atoms with Crippen LogP contribution in [-0.4, -0.2) is 39.1 Å². The van der Waals surface area contributed by atoms with Crippen molar-refractivity contribution in [2.24, 2.45) is 0 Å². The molecule has 0 amide bonds. The molecular formula is C29H34N10Pt+2. The van der Waals surface area contributed by atoms with E-state index < -0.39 is 5.66 Å². The van der Waals surface area contributed by atoms with Crippen LogP contribution >= 0.6 is 0 Å².